The quantitative estimate of drug-likeness (QED) is 0.297. The van der Waals surface area contributed by atoms with Gasteiger partial charge in [0.05, 0.1) is 0 Å². The van der Waals surface area contributed by atoms with Crippen molar-refractivity contribution in [1.82, 2.24) is 0 Å². The first-order chi connectivity index (χ1) is 12.6. The Morgan fingerprint density at radius 2 is 1.12 bits per heavy atom. The molecule has 0 aromatic heterocycles. The molecule has 26 heavy (non-hydrogen) atoms. The third kappa shape index (κ3) is 10.4. The van der Waals surface area contributed by atoms with Gasteiger partial charge in [0, 0.05) is 5.54 Å². The average Bonchev–Trinajstić information content (AvgIpc) is 2.62. The fourth-order valence-corrected chi connectivity index (χ4v) is 4.04. The molecule has 0 spiro atoms. The van der Waals surface area contributed by atoms with E-state index in [1.54, 1.807) is 0 Å². The first-order valence-corrected chi connectivity index (χ1v) is 11.4. The fraction of sp³-hybridized carbons (Fsp3) is 0.760. The zero-order valence-electron chi connectivity index (χ0n) is 18.0. The summed E-state index contributed by atoms with van der Waals surface area (Å²) in [6.45, 7) is 6.65. The minimum atomic E-state index is -0.178. The molecule has 0 fully saturated rings. The summed E-state index contributed by atoms with van der Waals surface area (Å²) in [7, 11) is 0. The number of benzene rings is 1. The molecule has 150 valence electrons. The van der Waals surface area contributed by atoms with Gasteiger partial charge in [-0.3, -0.25) is 0 Å². The van der Waals surface area contributed by atoms with Crippen molar-refractivity contribution in [2.45, 2.75) is 123 Å². The summed E-state index contributed by atoms with van der Waals surface area (Å²) in [5, 5.41) is 0. The summed E-state index contributed by atoms with van der Waals surface area (Å²) in [5.41, 5.74) is 9.04. The van der Waals surface area contributed by atoms with Gasteiger partial charge in [0.25, 0.3) is 0 Å². The minimum Gasteiger partial charge on any atom is -0.322 e. The number of hydrogen-bond donors (Lipinski definition) is 1. The molecule has 2 N–H and O–H groups in total. The van der Waals surface area contributed by atoms with Gasteiger partial charge in [-0.1, -0.05) is 121 Å². The van der Waals surface area contributed by atoms with E-state index >= 15 is 0 Å². The first-order valence-electron chi connectivity index (χ1n) is 11.4. The Balaban J connectivity index is 1.94. The molecular formula is C25H45N. The van der Waals surface area contributed by atoms with Crippen LogP contribution in [0.2, 0.25) is 0 Å². The van der Waals surface area contributed by atoms with Gasteiger partial charge in [0.1, 0.15) is 0 Å². The number of hydrogen-bond acceptors (Lipinski definition) is 1. The molecule has 1 atom stereocenters. The van der Waals surface area contributed by atoms with Gasteiger partial charge in [0.15, 0.2) is 0 Å². The smallest absolute Gasteiger partial charge is 0.0383 e. The second-order valence-electron chi connectivity index (χ2n) is 8.58. The molecular weight excluding hydrogens is 314 g/mol. The van der Waals surface area contributed by atoms with Gasteiger partial charge in [-0.15, -0.1) is 0 Å². The normalized spacial score (nSPS) is 13.7. The Bertz CT molecular complexity index is 449. The van der Waals surface area contributed by atoms with Gasteiger partial charge in [-0.05, 0) is 31.4 Å². The Morgan fingerprint density at radius 3 is 1.58 bits per heavy atom. The van der Waals surface area contributed by atoms with Crippen molar-refractivity contribution in [1.29, 1.82) is 0 Å². The maximum atomic E-state index is 6.59. The van der Waals surface area contributed by atoms with Crippen molar-refractivity contribution >= 4 is 0 Å². The Kier molecular flexibility index (Phi) is 12.7. The average molecular weight is 360 g/mol. The minimum absolute atomic E-state index is 0.178. The summed E-state index contributed by atoms with van der Waals surface area (Å²) in [4.78, 5) is 0. The van der Waals surface area contributed by atoms with E-state index in [-0.39, 0.29) is 5.54 Å². The largest absolute Gasteiger partial charge is 0.322 e. The topological polar surface area (TPSA) is 26.0 Å². The van der Waals surface area contributed by atoms with Crippen molar-refractivity contribution in [3.05, 3.63) is 35.4 Å². The SMILES string of the molecule is CCCCCCCCCCCCCCCCC(C)(N)c1ccccc1C. The third-order valence-electron chi connectivity index (χ3n) is 5.81. The summed E-state index contributed by atoms with van der Waals surface area (Å²) >= 11 is 0. The molecule has 1 aromatic carbocycles. The number of aryl methyl sites for hydroxylation is 1. The van der Waals surface area contributed by atoms with Crippen molar-refractivity contribution in [3.63, 3.8) is 0 Å². The van der Waals surface area contributed by atoms with Gasteiger partial charge in [-0.25, -0.2) is 0 Å². The predicted octanol–water partition coefficient (Wildman–Crippen LogP) is 8.04. The van der Waals surface area contributed by atoms with Crippen molar-refractivity contribution < 1.29 is 0 Å². The zero-order valence-corrected chi connectivity index (χ0v) is 18.0. The second kappa shape index (κ2) is 14.3. The van der Waals surface area contributed by atoms with Gasteiger partial charge in [0.2, 0.25) is 0 Å². The molecule has 1 nitrogen and oxygen atoms in total. The van der Waals surface area contributed by atoms with Gasteiger partial charge in [-0.2, -0.15) is 0 Å². The highest BCUT2D eigenvalue weighted by Crippen LogP contribution is 2.27. The van der Waals surface area contributed by atoms with Crippen LogP contribution in [0.1, 0.15) is 121 Å². The lowest BCUT2D eigenvalue weighted by molar-refractivity contribution is 0.418. The van der Waals surface area contributed by atoms with E-state index < -0.39 is 0 Å². The van der Waals surface area contributed by atoms with Crippen molar-refractivity contribution in [2.75, 3.05) is 0 Å². The Hall–Kier alpha value is -0.820. The van der Waals surface area contributed by atoms with E-state index in [9.17, 15) is 0 Å². The Morgan fingerprint density at radius 1 is 0.692 bits per heavy atom. The fourth-order valence-electron chi connectivity index (χ4n) is 4.04. The van der Waals surface area contributed by atoms with Gasteiger partial charge < -0.3 is 5.73 Å². The van der Waals surface area contributed by atoms with E-state index in [4.69, 9.17) is 5.73 Å². The van der Waals surface area contributed by atoms with Crippen LogP contribution >= 0.6 is 0 Å². The molecule has 0 amide bonds. The van der Waals surface area contributed by atoms with Crippen LogP contribution in [-0.4, -0.2) is 0 Å². The van der Waals surface area contributed by atoms with Crippen LogP contribution in [0.3, 0.4) is 0 Å². The van der Waals surface area contributed by atoms with E-state index in [0.717, 1.165) is 6.42 Å². The highest BCUT2D eigenvalue weighted by molar-refractivity contribution is 5.31. The molecule has 0 aliphatic rings. The lowest BCUT2D eigenvalue weighted by atomic mass is 9.85. The summed E-state index contributed by atoms with van der Waals surface area (Å²) < 4.78 is 0. The van der Waals surface area contributed by atoms with Crippen LogP contribution < -0.4 is 5.73 Å². The highest BCUT2D eigenvalue weighted by atomic mass is 14.7. The maximum absolute atomic E-state index is 6.59. The van der Waals surface area contributed by atoms with Crippen LogP contribution in [0.4, 0.5) is 0 Å². The molecule has 1 heteroatoms. The first kappa shape index (κ1) is 23.2. The second-order valence-corrected chi connectivity index (χ2v) is 8.58. The molecule has 0 saturated heterocycles. The number of nitrogens with two attached hydrogens (primary N) is 1. The van der Waals surface area contributed by atoms with Gasteiger partial charge >= 0.3 is 0 Å². The maximum Gasteiger partial charge on any atom is 0.0383 e. The molecule has 0 aliphatic carbocycles. The van der Waals surface area contributed by atoms with Crippen molar-refractivity contribution in [3.8, 4) is 0 Å². The third-order valence-corrected chi connectivity index (χ3v) is 5.81. The standard InChI is InChI=1S/C25H45N/c1-4-5-6-7-8-9-10-11-12-13-14-15-16-19-22-25(3,26)24-21-18-17-20-23(24)2/h17-18,20-21H,4-16,19,22,26H2,1-3H3. The van der Waals surface area contributed by atoms with E-state index in [1.165, 1.54) is 101 Å². The highest BCUT2D eigenvalue weighted by Gasteiger charge is 2.21. The number of unbranched alkanes of at least 4 members (excludes halogenated alkanes) is 13. The molecule has 0 radical (unpaired) electrons. The summed E-state index contributed by atoms with van der Waals surface area (Å²) in [6, 6.07) is 8.57. The van der Waals surface area contributed by atoms with E-state index in [2.05, 4.69) is 45.0 Å². The van der Waals surface area contributed by atoms with Crippen LogP contribution in [0.5, 0.6) is 0 Å². The predicted molar refractivity (Wildman–Crippen MR) is 118 cm³/mol. The Labute approximate surface area is 164 Å². The molecule has 0 heterocycles. The lowest BCUT2D eigenvalue weighted by Gasteiger charge is -2.27. The number of rotatable bonds is 16. The lowest BCUT2D eigenvalue weighted by Crippen LogP contribution is -2.33. The van der Waals surface area contributed by atoms with Crippen molar-refractivity contribution in [2.24, 2.45) is 5.73 Å². The summed E-state index contributed by atoms with van der Waals surface area (Å²) in [5.74, 6) is 0. The molecule has 1 rings (SSSR count). The van der Waals surface area contributed by atoms with E-state index in [1.807, 2.05) is 0 Å². The molecule has 0 saturated carbocycles. The van der Waals surface area contributed by atoms with E-state index in [0.29, 0.717) is 0 Å². The van der Waals surface area contributed by atoms with Crippen LogP contribution in [-0.2, 0) is 5.54 Å². The monoisotopic (exact) mass is 359 g/mol. The molecule has 1 unspecified atom stereocenters. The molecule has 1 aromatic rings. The van der Waals surface area contributed by atoms with Crippen LogP contribution in [0, 0.1) is 6.92 Å². The van der Waals surface area contributed by atoms with Crippen LogP contribution in [0.15, 0.2) is 24.3 Å². The molecule has 0 aliphatic heterocycles. The zero-order chi connectivity index (χ0) is 19.1. The molecule has 0 bridgehead atoms. The summed E-state index contributed by atoms with van der Waals surface area (Å²) in [6.07, 6.45) is 20.8. The van der Waals surface area contributed by atoms with Crippen LogP contribution in [0.25, 0.3) is 0 Å².